The van der Waals surface area contributed by atoms with E-state index in [0.29, 0.717) is 25.1 Å². The van der Waals surface area contributed by atoms with E-state index in [4.69, 9.17) is 0 Å². The van der Waals surface area contributed by atoms with Gasteiger partial charge in [-0.05, 0) is 36.6 Å². The maximum atomic E-state index is 13.4. The molecular formula is C20H23FN2O2. The summed E-state index contributed by atoms with van der Waals surface area (Å²) in [7, 11) is 0. The van der Waals surface area contributed by atoms with E-state index in [1.54, 1.807) is 13.0 Å². The molecular weight excluding hydrogens is 319 g/mol. The number of nitrogens with zero attached hydrogens (tertiary/aromatic N) is 1. The third-order valence-corrected chi connectivity index (χ3v) is 4.68. The van der Waals surface area contributed by atoms with Crippen molar-refractivity contribution in [2.45, 2.75) is 32.0 Å². The van der Waals surface area contributed by atoms with E-state index in [9.17, 15) is 14.3 Å². The molecule has 2 unspecified atom stereocenters. The Morgan fingerprint density at radius 1 is 1.28 bits per heavy atom. The molecule has 0 bridgehead atoms. The smallest absolute Gasteiger partial charge is 0.251 e. The lowest BCUT2D eigenvalue weighted by Gasteiger charge is -2.24. The Hall–Kier alpha value is -2.24. The van der Waals surface area contributed by atoms with Crippen molar-refractivity contribution in [2.75, 3.05) is 13.1 Å². The predicted octanol–water partition coefficient (Wildman–Crippen LogP) is 2.50. The molecule has 0 spiro atoms. The van der Waals surface area contributed by atoms with E-state index in [1.807, 2.05) is 18.2 Å². The predicted molar refractivity (Wildman–Crippen MR) is 94.7 cm³/mol. The number of benzene rings is 2. The average Bonchev–Trinajstić information content (AvgIpc) is 2.95. The molecule has 0 aliphatic carbocycles. The first-order chi connectivity index (χ1) is 12.0. The first-order valence-corrected chi connectivity index (χ1v) is 8.53. The van der Waals surface area contributed by atoms with Gasteiger partial charge in [0.25, 0.3) is 5.91 Å². The fourth-order valence-electron chi connectivity index (χ4n) is 3.33. The summed E-state index contributed by atoms with van der Waals surface area (Å²) in [6.45, 7) is 3.54. The molecule has 2 aromatic rings. The zero-order chi connectivity index (χ0) is 17.8. The molecule has 2 atom stereocenters. The summed E-state index contributed by atoms with van der Waals surface area (Å²) in [5.41, 5.74) is 2.27. The second-order valence-electron chi connectivity index (χ2n) is 6.63. The number of rotatable bonds is 5. The summed E-state index contributed by atoms with van der Waals surface area (Å²) in [5, 5.41) is 12.9. The number of carbonyl (C=O) groups excluding carboxylic acids is 1. The van der Waals surface area contributed by atoms with Crippen molar-refractivity contribution in [2.24, 2.45) is 0 Å². The molecule has 5 heteroatoms. The van der Waals surface area contributed by atoms with Gasteiger partial charge in [0.05, 0.1) is 6.10 Å². The Morgan fingerprint density at radius 2 is 2.04 bits per heavy atom. The lowest BCUT2D eigenvalue weighted by atomic mass is 10.1. The minimum Gasteiger partial charge on any atom is -0.392 e. The highest BCUT2D eigenvalue weighted by Gasteiger charge is 2.31. The molecule has 132 valence electrons. The highest BCUT2D eigenvalue weighted by Crippen LogP contribution is 2.20. The number of likely N-dealkylation sites (tertiary alicyclic amines) is 1. The van der Waals surface area contributed by atoms with Crippen LogP contribution in [-0.4, -0.2) is 41.1 Å². The van der Waals surface area contributed by atoms with Gasteiger partial charge in [-0.3, -0.25) is 9.69 Å². The third kappa shape index (κ3) is 4.44. The zero-order valence-electron chi connectivity index (χ0n) is 14.3. The summed E-state index contributed by atoms with van der Waals surface area (Å²) in [6.07, 6.45) is 0.233. The lowest BCUT2D eigenvalue weighted by Crippen LogP contribution is -2.40. The SMILES string of the molecule is Cc1ccc(F)cc1C(=O)NCC1CC(O)CN1Cc1ccccc1. The first kappa shape index (κ1) is 17.6. The number of halogens is 1. The number of carbonyl (C=O) groups is 1. The summed E-state index contributed by atoms with van der Waals surface area (Å²) < 4.78 is 13.4. The maximum absolute atomic E-state index is 13.4. The van der Waals surface area contributed by atoms with Crippen LogP contribution < -0.4 is 5.32 Å². The van der Waals surface area contributed by atoms with Gasteiger partial charge in [-0.1, -0.05) is 36.4 Å². The van der Waals surface area contributed by atoms with Crippen LogP contribution in [-0.2, 0) is 6.54 Å². The largest absolute Gasteiger partial charge is 0.392 e. The van der Waals surface area contributed by atoms with Crippen LogP contribution in [0.25, 0.3) is 0 Å². The normalized spacial score (nSPS) is 20.6. The monoisotopic (exact) mass is 342 g/mol. The molecule has 25 heavy (non-hydrogen) atoms. The van der Waals surface area contributed by atoms with E-state index in [0.717, 1.165) is 12.1 Å². The second-order valence-corrected chi connectivity index (χ2v) is 6.63. The number of aliphatic hydroxyl groups excluding tert-OH is 1. The number of nitrogens with one attached hydrogen (secondary N) is 1. The molecule has 4 nitrogen and oxygen atoms in total. The number of β-amino-alcohol motifs (C(OH)–C–C–N with tert-alkyl or cyclic N) is 1. The van der Waals surface area contributed by atoms with Crippen LogP contribution in [0.2, 0.25) is 0 Å². The van der Waals surface area contributed by atoms with Crippen LogP contribution in [0.15, 0.2) is 48.5 Å². The minimum absolute atomic E-state index is 0.0630. The molecule has 1 aliphatic heterocycles. The Morgan fingerprint density at radius 3 is 2.80 bits per heavy atom. The topological polar surface area (TPSA) is 52.6 Å². The number of aliphatic hydroxyl groups is 1. The highest BCUT2D eigenvalue weighted by atomic mass is 19.1. The van der Waals surface area contributed by atoms with E-state index >= 15 is 0 Å². The van der Waals surface area contributed by atoms with E-state index in [1.165, 1.54) is 17.7 Å². The van der Waals surface area contributed by atoms with Gasteiger partial charge in [-0.2, -0.15) is 0 Å². The Bertz CT molecular complexity index is 736. The minimum atomic E-state index is -0.419. The number of hydrogen-bond donors (Lipinski definition) is 2. The molecule has 1 saturated heterocycles. The fourth-order valence-corrected chi connectivity index (χ4v) is 3.33. The Labute approximate surface area is 147 Å². The van der Waals surface area contributed by atoms with Crippen molar-refractivity contribution in [1.82, 2.24) is 10.2 Å². The van der Waals surface area contributed by atoms with Crippen molar-refractivity contribution >= 4 is 5.91 Å². The summed E-state index contributed by atoms with van der Waals surface area (Å²) in [4.78, 5) is 14.5. The van der Waals surface area contributed by atoms with Gasteiger partial charge >= 0.3 is 0 Å². The van der Waals surface area contributed by atoms with Crippen LogP contribution in [0.4, 0.5) is 4.39 Å². The quantitative estimate of drug-likeness (QED) is 0.878. The molecule has 1 heterocycles. The van der Waals surface area contributed by atoms with Gasteiger partial charge in [0, 0.05) is 31.2 Å². The highest BCUT2D eigenvalue weighted by molar-refractivity contribution is 5.95. The molecule has 0 radical (unpaired) electrons. The Kier molecular flexibility index (Phi) is 5.46. The van der Waals surface area contributed by atoms with Crippen LogP contribution in [0.3, 0.4) is 0 Å². The van der Waals surface area contributed by atoms with Crippen molar-refractivity contribution in [3.05, 3.63) is 71.0 Å². The van der Waals surface area contributed by atoms with Gasteiger partial charge in [0.2, 0.25) is 0 Å². The summed E-state index contributed by atoms with van der Waals surface area (Å²) in [5.74, 6) is -0.698. The third-order valence-electron chi connectivity index (χ3n) is 4.68. The van der Waals surface area contributed by atoms with Crippen LogP contribution in [0.1, 0.15) is 27.9 Å². The first-order valence-electron chi connectivity index (χ1n) is 8.53. The molecule has 3 rings (SSSR count). The second kappa shape index (κ2) is 7.76. The van der Waals surface area contributed by atoms with Crippen molar-refractivity contribution in [3.63, 3.8) is 0 Å². The number of aryl methyl sites for hydroxylation is 1. The van der Waals surface area contributed by atoms with E-state index < -0.39 is 5.82 Å². The van der Waals surface area contributed by atoms with Gasteiger partial charge < -0.3 is 10.4 Å². The molecule has 2 N–H and O–H groups in total. The maximum Gasteiger partial charge on any atom is 0.251 e. The van der Waals surface area contributed by atoms with Crippen molar-refractivity contribution in [3.8, 4) is 0 Å². The summed E-state index contributed by atoms with van der Waals surface area (Å²) in [6, 6.07) is 14.3. The van der Waals surface area contributed by atoms with Crippen molar-refractivity contribution in [1.29, 1.82) is 0 Å². The van der Waals surface area contributed by atoms with Gasteiger partial charge in [0.15, 0.2) is 0 Å². The zero-order valence-corrected chi connectivity index (χ0v) is 14.3. The van der Waals surface area contributed by atoms with E-state index in [-0.39, 0.29) is 18.1 Å². The average molecular weight is 342 g/mol. The van der Waals surface area contributed by atoms with Gasteiger partial charge in [0.1, 0.15) is 5.82 Å². The molecule has 0 aromatic heterocycles. The van der Waals surface area contributed by atoms with E-state index in [2.05, 4.69) is 22.3 Å². The number of hydrogen-bond acceptors (Lipinski definition) is 3. The molecule has 0 saturated carbocycles. The lowest BCUT2D eigenvalue weighted by molar-refractivity contribution is 0.0938. The molecule has 1 fully saturated rings. The molecule has 2 aromatic carbocycles. The van der Waals surface area contributed by atoms with Gasteiger partial charge in [-0.25, -0.2) is 4.39 Å². The van der Waals surface area contributed by atoms with Crippen molar-refractivity contribution < 1.29 is 14.3 Å². The fraction of sp³-hybridized carbons (Fsp3) is 0.350. The van der Waals surface area contributed by atoms with Gasteiger partial charge in [-0.15, -0.1) is 0 Å². The summed E-state index contributed by atoms with van der Waals surface area (Å²) >= 11 is 0. The number of amides is 1. The standard InChI is InChI=1S/C20H23FN2O2/c1-14-7-8-16(21)9-19(14)20(25)22-11-17-10-18(24)13-23(17)12-15-5-3-2-4-6-15/h2-9,17-18,24H,10-13H2,1H3,(H,22,25). The Balaban J connectivity index is 1.62. The molecule has 1 aliphatic rings. The van der Waals surface area contributed by atoms with Crippen LogP contribution in [0, 0.1) is 12.7 Å². The van der Waals surface area contributed by atoms with Crippen LogP contribution in [0.5, 0.6) is 0 Å². The van der Waals surface area contributed by atoms with Crippen LogP contribution >= 0.6 is 0 Å². The molecule has 1 amide bonds.